The van der Waals surface area contributed by atoms with Crippen LogP contribution in [0.2, 0.25) is 0 Å². The number of carbonyl (C=O) groups excluding carboxylic acids is 4. The van der Waals surface area contributed by atoms with E-state index in [0.29, 0.717) is 44.8 Å². The summed E-state index contributed by atoms with van der Waals surface area (Å²) in [4.78, 5) is 56.3. The Labute approximate surface area is 283 Å². The second-order valence-electron chi connectivity index (χ2n) is 11.1. The van der Waals surface area contributed by atoms with Crippen LogP contribution in [0.4, 0.5) is 0 Å². The maximum absolute atomic E-state index is 13.7. The molecule has 258 valence electrons. The van der Waals surface area contributed by atoms with Gasteiger partial charge in [-0.05, 0) is 59.4 Å². The fraction of sp³-hybridized carbons (Fsp3) is 0.531. The molecule has 3 amide bonds. The third-order valence-electron chi connectivity index (χ3n) is 7.11. The maximum Gasteiger partial charge on any atom is 0.324 e. The Balaban J connectivity index is 1.46. The molecule has 2 aromatic rings. The first-order valence-corrected chi connectivity index (χ1v) is 17.9. The second kappa shape index (κ2) is 20.8. The van der Waals surface area contributed by atoms with Crippen molar-refractivity contribution in [3.8, 4) is 5.75 Å². The summed E-state index contributed by atoms with van der Waals surface area (Å²) in [5, 5.41) is 17.8. The molecule has 1 unspecified atom stereocenters. The lowest BCUT2D eigenvalue weighted by Crippen LogP contribution is -2.62. The first-order valence-electron chi connectivity index (χ1n) is 15.6. The summed E-state index contributed by atoms with van der Waals surface area (Å²) in [5.74, 6) is -1.29. The number of nitrogens with zero attached hydrogens (tertiary/aromatic N) is 2. The third kappa shape index (κ3) is 13.7. The van der Waals surface area contributed by atoms with Crippen LogP contribution in [-0.4, -0.2) is 103 Å². The minimum atomic E-state index is -1.04. The van der Waals surface area contributed by atoms with Gasteiger partial charge in [0.2, 0.25) is 11.8 Å². The van der Waals surface area contributed by atoms with Crippen LogP contribution in [0.1, 0.15) is 38.7 Å². The minimum Gasteiger partial charge on any atom is -0.508 e. The lowest BCUT2D eigenvalue weighted by Gasteiger charge is -2.35. The number of nitrogens with one attached hydrogen (secondary N) is 3. The molecule has 0 radical (unpaired) electrons. The van der Waals surface area contributed by atoms with Crippen LogP contribution in [0.15, 0.2) is 53.7 Å². The Bertz CT molecular complexity index is 1290. The molecule has 0 spiro atoms. The molecule has 1 fully saturated rings. The van der Waals surface area contributed by atoms with Crippen molar-refractivity contribution < 1.29 is 38.5 Å². The van der Waals surface area contributed by atoms with Crippen molar-refractivity contribution in [2.75, 3.05) is 45.8 Å². The van der Waals surface area contributed by atoms with E-state index in [4.69, 9.17) is 14.2 Å². The van der Waals surface area contributed by atoms with Crippen molar-refractivity contribution >= 4 is 45.3 Å². The molecule has 1 saturated heterocycles. The van der Waals surface area contributed by atoms with E-state index in [1.165, 1.54) is 24.3 Å². The van der Waals surface area contributed by atoms with Gasteiger partial charge < -0.3 is 30.0 Å². The third-order valence-corrected chi connectivity index (χ3v) is 9.34. The summed E-state index contributed by atoms with van der Waals surface area (Å²) in [5.41, 5.74) is 3.53. The number of ether oxygens (including phenoxy) is 3. The molecule has 0 aliphatic carbocycles. The van der Waals surface area contributed by atoms with E-state index in [1.54, 1.807) is 53.8 Å². The van der Waals surface area contributed by atoms with Gasteiger partial charge >= 0.3 is 5.97 Å². The van der Waals surface area contributed by atoms with Crippen LogP contribution in [0.5, 0.6) is 5.75 Å². The highest BCUT2D eigenvalue weighted by molar-refractivity contribution is 8.76. The van der Waals surface area contributed by atoms with Gasteiger partial charge in [0.15, 0.2) is 0 Å². The molecule has 15 heteroatoms. The number of amides is 3. The first-order chi connectivity index (χ1) is 22.7. The molecule has 4 N–H and O–H groups in total. The summed E-state index contributed by atoms with van der Waals surface area (Å²) >= 11 is 0. The van der Waals surface area contributed by atoms with E-state index < -0.39 is 35.9 Å². The van der Waals surface area contributed by atoms with E-state index in [2.05, 4.69) is 21.0 Å². The number of phenolic OH excluding ortho intramolecular Hbond substituents is 1. The number of benzene rings is 1. The summed E-state index contributed by atoms with van der Waals surface area (Å²) in [7, 11) is 4.53. The van der Waals surface area contributed by atoms with Gasteiger partial charge in [0.1, 0.15) is 28.9 Å². The number of rotatable bonds is 19. The van der Waals surface area contributed by atoms with Gasteiger partial charge in [0.25, 0.3) is 5.91 Å². The van der Waals surface area contributed by atoms with E-state index in [1.807, 2.05) is 18.2 Å². The predicted molar refractivity (Wildman–Crippen MR) is 179 cm³/mol. The number of esters is 1. The summed E-state index contributed by atoms with van der Waals surface area (Å²) in [6.07, 6.45) is 2.95. The van der Waals surface area contributed by atoms with Crippen molar-refractivity contribution in [1.82, 2.24) is 26.1 Å². The molecular formula is C32H45N5O8S2. The van der Waals surface area contributed by atoms with Crippen LogP contribution in [0.25, 0.3) is 0 Å². The molecule has 13 nitrogen and oxygen atoms in total. The fourth-order valence-corrected chi connectivity index (χ4v) is 6.43. The van der Waals surface area contributed by atoms with E-state index >= 15 is 0 Å². The number of phenols is 1. The highest BCUT2D eigenvalue weighted by Gasteiger charge is 2.34. The summed E-state index contributed by atoms with van der Waals surface area (Å²) < 4.78 is 15.9. The Morgan fingerprint density at radius 2 is 1.85 bits per heavy atom. The molecule has 1 aliphatic heterocycles. The lowest BCUT2D eigenvalue weighted by molar-refractivity contribution is -0.151. The fourth-order valence-electron chi connectivity index (χ4n) is 4.68. The Hall–Kier alpha value is -3.37. The van der Waals surface area contributed by atoms with Crippen LogP contribution in [0.3, 0.4) is 0 Å². The second-order valence-corrected chi connectivity index (χ2v) is 13.5. The van der Waals surface area contributed by atoms with Crippen molar-refractivity contribution in [3.05, 3.63) is 54.2 Å². The van der Waals surface area contributed by atoms with Gasteiger partial charge in [-0.1, -0.05) is 42.8 Å². The van der Waals surface area contributed by atoms with Crippen LogP contribution in [0, 0.1) is 5.92 Å². The van der Waals surface area contributed by atoms with Gasteiger partial charge in [-0.25, -0.2) is 10.4 Å². The Morgan fingerprint density at radius 3 is 2.55 bits per heavy atom. The van der Waals surface area contributed by atoms with Crippen LogP contribution >= 0.6 is 21.6 Å². The smallest absolute Gasteiger partial charge is 0.324 e. The minimum absolute atomic E-state index is 0.0256. The number of aromatic nitrogens is 1. The molecule has 47 heavy (non-hydrogen) atoms. The number of methoxy groups -OCH3 is 1. The monoisotopic (exact) mass is 691 g/mol. The standard InChI is InChI=1S/C32H45N5O8S2/c1-22(2)29(35-27(39)12-15-44-16-17-45-18-19-46-47-28-11-4-5-13-33-28)30(40)34-26(21-23-8-6-9-24(38)20-23)31(41)37-14-7-10-25(36-37)32(42)43-3/h4-6,8-9,11,13,20,22,25-26,29,36,38H,7,10,12,14-19,21H2,1-3H3,(H,34,40)(H,35,39)/t25-,26-,29?/m0/s1. The number of carbonyl (C=O) groups is 4. The molecule has 0 bridgehead atoms. The van der Waals surface area contributed by atoms with Crippen molar-refractivity contribution in [2.45, 2.75) is 62.7 Å². The van der Waals surface area contributed by atoms with Crippen molar-refractivity contribution in [1.29, 1.82) is 0 Å². The number of pyridine rings is 1. The number of hydrogen-bond donors (Lipinski definition) is 4. The predicted octanol–water partition coefficient (Wildman–Crippen LogP) is 2.49. The molecule has 3 rings (SSSR count). The molecule has 1 aromatic heterocycles. The first kappa shape index (κ1) is 38.1. The average Bonchev–Trinajstić information content (AvgIpc) is 3.07. The molecule has 2 heterocycles. The molecule has 1 aliphatic rings. The number of hydrogen-bond acceptors (Lipinski definition) is 12. The number of aromatic hydroxyl groups is 1. The zero-order chi connectivity index (χ0) is 34.0. The highest BCUT2D eigenvalue weighted by atomic mass is 33.1. The molecule has 1 aromatic carbocycles. The Kier molecular flexibility index (Phi) is 16.8. The summed E-state index contributed by atoms with van der Waals surface area (Å²) in [6.45, 7) is 5.38. The molecule has 3 atom stereocenters. The average molecular weight is 692 g/mol. The molecular weight excluding hydrogens is 647 g/mol. The topological polar surface area (TPSA) is 168 Å². The van der Waals surface area contributed by atoms with Crippen molar-refractivity contribution in [3.63, 3.8) is 0 Å². The zero-order valence-electron chi connectivity index (χ0n) is 27.0. The number of hydrazine groups is 1. The van der Waals surface area contributed by atoms with Crippen LogP contribution in [-0.2, 0) is 39.8 Å². The normalized spacial score (nSPS) is 15.9. The van der Waals surface area contributed by atoms with Gasteiger partial charge in [-0.2, -0.15) is 0 Å². The van der Waals surface area contributed by atoms with Gasteiger partial charge in [-0.3, -0.25) is 24.2 Å². The molecule has 0 saturated carbocycles. The zero-order valence-corrected chi connectivity index (χ0v) is 28.6. The quantitative estimate of drug-likeness (QED) is 0.0967. The SMILES string of the molecule is COC(=O)[C@@H]1CCCN(C(=O)[C@H](Cc2cccc(O)c2)NC(=O)C(NC(=O)CCOCCOCCSSc2ccccn2)C(C)C)N1. The van der Waals surface area contributed by atoms with Gasteiger partial charge in [0.05, 0.1) is 33.5 Å². The highest BCUT2D eigenvalue weighted by Crippen LogP contribution is 2.28. The van der Waals surface area contributed by atoms with E-state index in [9.17, 15) is 24.3 Å². The van der Waals surface area contributed by atoms with Gasteiger partial charge in [0, 0.05) is 31.3 Å². The van der Waals surface area contributed by atoms with Crippen molar-refractivity contribution in [2.24, 2.45) is 5.92 Å². The maximum atomic E-state index is 13.7. The Morgan fingerprint density at radius 1 is 1.06 bits per heavy atom. The van der Waals surface area contributed by atoms with E-state index in [0.717, 1.165) is 10.8 Å². The van der Waals surface area contributed by atoms with Gasteiger partial charge in [-0.15, -0.1) is 0 Å². The lowest BCUT2D eigenvalue weighted by atomic mass is 10.00. The summed E-state index contributed by atoms with van der Waals surface area (Å²) in [6, 6.07) is 9.54. The van der Waals surface area contributed by atoms with Crippen LogP contribution < -0.4 is 16.1 Å². The largest absolute Gasteiger partial charge is 0.508 e. The van der Waals surface area contributed by atoms with E-state index in [-0.39, 0.29) is 37.0 Å².